The molecule has 1 aliphatic carbocycles. The number of benzene rings is 1. The lowest BCUT2D eigenvalue weighted by atomic mass is 9.89. The molecule has 4 rings (SSSR count). The molecule has 0 fully saturated rings. The smallest absolute Gasteiger partial charge is 0.348 e. The lowest BCUT2D eigenvalue weighted by Crippen LogP contribution is -2.23. The first-order chi connectivity index (χ1) is 18.2. The van der Waals surface area contributed by atoms with E-state index in [4.69, 9.17) is 14.2 Å². The molecular weight excluding hydrogens is 546 g/mol. The Morgan fingerprint density at radius 2 is 1.68 bits per heavy atom. The van der Waals surface area contributed by atoms with Crippen molar-refractivity contribution in [3.8, 4) is 10.4 Å². The van der Waals surface area contributed by atoms with Crippen LogP contribution in [-0.4, -0.2) is 49.9 Å². The number of nitrogens with one attached hydrogen (secondary N) is 1. The summed E-state index contributed by atoms with van der Waals surface area (Å²) >= 11 is 3.59. The number of thioether (sulfide) groups is 1. The van der Waals surface area contributed by atoms with Gasteiger partial charge in [0.05, 0.1) is 41.4 Å². The molecule has 11 heteroatoms. The third-order valence-corrected chi connectivity index (χ3v) is 9.93. The van der Waals surface area contributed by atoms with Crippen LogP contribution in [0, 0.1) is 6.92 Å². The first kappa shape index (κ1) is 27.9. The Balaban J connectivity index is 1.64. The van der Waals surface area contributed by atoms with E-state index >= 15 is 0 Å². The summed E-state index contributed by atoms with van der Waals surface area (Å²) in [7, 11) is 2.58. The van der Waals surface area contributed by atoms with E-state index in [1.807, 2.05) is 18.2 Å². The van der Waals surface area contributed by atoms with Gasteiger partial charge < -0.3 is 19.5 Å². The molecule has 0 saturated heterocycles. The van der Waals surface area contributed by atoms with E-state index in [1.54, 1.807) is 20.8 Å². The van der Waals surface area contributed by atoms with Crippen molar-refractivity contribution in [1.82, 2.24) is 0 Å². The summed E-state index contributed by atoms with van der Waals surface area (Å²) in [5, 5.41) is 2.68. The van der Waals surface area contributed by atoms with E-state index in [0.717, 1.165) is 45.5 Å². The maximum absolute atomic E-state index is 13.3. The second-order valence-electron chi connectivity index (χ2n) is 8.44. The predicted molar refractivity (Wildman–Crippen MR) is 149 cm³/mol. The summed E-state index contributed by atoms with van der Waals surface area (Å²) in [5.74, 6) is -1.98. The first-order valence-electron chi connectivity index (χ1n) is 11.9. The molecule has 0 bridgehead atoms. The Morgan fingerprint density at radius 3 is 2.37 bits per heavy atom. The van der Waals surface area contributed by atoms with Crippen LogP contribution in [0.5, 0.6) is 0 Å². The van der Waals surface area contributed by atoms with Gasteiger partial charge in [-0.1, -0.05) is 24.3 Å². The summed E-state index contributed by atoms with van der Waals surface area (Å²) in [6, 6.07) is 8.03. The van der Waals surface area contributed by atoms with Crippen LogP contribution in [-0.2, 0) is 31.8 Å². The molecule has 1 N–H and O–H groups in total. The first-order valence-corrected chi connectivity index (χ1v) is 14.4. The number of anilines is 1. The summed E-state index contributed by atoms with van der Waals surface area (Å²) in [6.45, 7) is 5.25. The van der Waals surface area contributed by atoms with E-state index < -0.39 is 23.2 Å². The SMILES string of the molecule is CCOC(=O)c1sc(SC(C)C(=O)Nc2sc3c(c2C(=O)OC)CCc2ccccc2-3)c(C(=O)OC)c1C. The van der Waals surface area contributed by atoms with Crippen LogP contribution in [0.3, 0.4) is 0 Å². The number of rotatable bonds is 8. The van der Waals surface area contributed by atoms with Crippen LogP contribution >= 0.6 is 34.4 Å². The fraction of sp³-hybridized carbons (Fsp3) is 0.333. The summed E-state index contributed by atoms with van der Waals surface area (Å²) < 4.78 is 15.6. The number of ether oxygens (including phenoxy) is 3. The van der Waals surface area contributed by atoms with Gasteiger partial charge in [-0.25, -0.2) is 14.4 Å². The number of amides is 1. The Labute approximate surface area is 232 Å². The zero-order chi connectivity index (χ0) is 27.6. The van der Waals surface area contributed by atoms with Crippen molar-refractivity contribution >= 4 is 63.3 Å². The normalized spacial score (nSPS) is 12.7. The Morgan fingerprint density at radius 1 is 1.00 bits per heavy atom. The van der Waals surface area contributed by atoms with Crippen molar-refractivity contribution in [2.45, 2.75) is 43.1 Å². The molecule has 0 saturated carbocycles. The quantitative estimate of drug-likeness (QED) is 0.206. The number of aryl methyl sites for hydroxylation is 1. The van der Waals surface area contributed by atoms with Crippen molar-refractivity contribution in [3.63, 3.8) is 0 Å². The van der Waals surface area contributed by atoms with Gasteiger partial charge in [0.25, 0.3) is 0 Å². The monoisotopic (exact) mass is 573 g/mol. The van der Waals surface area contributed by atoms with Crippen molar-refractivity contribution in [2.75, 3.05) is 26.1 Å². The van der Waals surface area contributed by atoms with E-state index in [-0.39, 0.29) is 18.1 Å². The molecule has 1 aromatic carbocycles. The van der Waals surface area contributed by atoms with Crippen LogP contribution in [0.4, 0.5) is 5.00 Å². The summed E-state index contributed by atoms with van der Waals surface area (Å²) in [5.41, 5.74) is 4.18. The van der Waals surface area contributed by atoms with Crippen LogP contribution in [0.1, 0.15) is 60.9 Å². The topological polar surface area (TPSA) is 108 Å². The van der Waals surface area contributed by atoms with E-state index in [9.17, 15) is 19.2 Å². The fourth-order valence-corrected chi connectivity index (χ4v) is 8.21. The third kappa shape index (κ3) is 5.23. The van der Waals surface area contributed by atoms with Gasteiger partial charge in [0.1, 0.15) is 9.88 Å². The highest BCUT2D eigenvalue weighted by Gasteiger charge is 2.32. The number of esters is 3. The lowest BCUT2D eigenvalue weighted by molar-refractivity contribution is -0.115. The predicted octanol–water partition coefficient (Wildman–Crippen LogP) is 5.75. The van der Waals surface area contributed by atoms with Gasteiger partial charge in [0.15, 0.2) is 0 Å². The molecule has 38 heavy (non-hydrogen) atoms. The van der Waals surface area contributed by atoms with Gasteiger partial charge in [0.2, 0.25) is 5.91 Å². The number of carbonyl (C=O) groups excluding carboxylic acids is 4. The molecule has 1 unspecified atom stereocenters. The standard InChI is InChI=1S/C27H27NO7S3/c1-6-35-26(32)20-13(2)18(24(30)33-4)27(38-20)36-14(3)22(29)28-23-19(25(31)34-5)17-12-11-15-9-7-8-10-16(15)21(17)37-23/h7-10,14H,6,11-12H2,1-5H3,(H,28,29). The van der Waals surface area contributed by atoms with Gasteiger partial charge in [-0.15, -0.1) is 34.4 Å². The summed E-state index contributed by atoms with van der Waals surface area (Å²) in [6.07, 6.45) is 1.46. The van der Waals surface area contributed by atoms with Crippen molar-refractivity contribution in [2.24, 2.45) is 0 Å². The maximum Gasteiger partial charge on any atom is 0.348 e. The minimum Gasteiger partial charge on any atom is -0.465 e. The Kier molecular flexibility index (Phi) is 8.59. The zero-order valence-corrected chi connectivity index (χ0v) is 24.0. The Bertz CT molecular complexity index is 1420. The lowest BCUT2D eigenvalue weighted by Gasteiger charge is -2.16. The average Bonchev–Trinajstić information content (AvgIpc) is 3.44. The Hall–Kier alpha value is -3.15. The third-order valence-electron chi connectivity index (χ3n) is 6.16. The van der Waals surface area contributed by atoms with Crippen molar-refractivity contribution < 1.29 is 33.4 Å². The molecule has 0 spiro atoms. The molecule has 2 aromatic heterocycles. The van der Waals surface area contributed by atoms with Crippen molar-refractivity contribution in [1.29, 1.82) is 0 Å². The second kappa shape index (κ2) is 11.7. The van der Waals surface area contributed by atoms with Crippen LogP contribution in [0.15, 0.2) is 28.5 Å². The molecule has 2 heterocycles. The number of carbonyl (C=O) groups is 4. The molecule has 3 aromatic rings. The van der Waals surface area contributed by atoms with E-state index in [2.05, 4.69) is 11.4 Å². The highest BCUT2D eigenvalue weighted by molar-refractivity contribution is 8.02. The number of thiophene rings is 2. The van der Waals surface area contributed by atoms with Gasteiger partial charge in [-0.3, -0.25) is 4.79 Å². The second-order valence-corrected chi connectivity index (χ2v) is 12.1. The van der Waals surface area contributed by atoms with Gasteiger partial charge >= 0.3 is 17.9 Å². The number of fused-ring (bicyclic) bond motifs is 3. The average molecular weight is 574 g/mol. The summed E-state index contributed by atoms with van der Waals surface area (Å²) in [4.78, 5) is 52.3. The molecule has 1 amide bonds. The molecule has 1 atom stereocenters. The minimum absolute atomic E-state index is 0.197. The number of methoxy groups -OCH3 is 2. The largest absolute Gasteiger partial charge is 0.465 e. The van der Waals surface area contributed by atoms with Crippen LogP contribution in [0.25, 0.3) is 10.4 Å². The van der Waals surface area contributed by atoms with E-state index in [0.29, 0.717) is 31.6 Å². The maximum atomic E-state index is 13.3. The molecule has 8 nitrogen and oxygen atoms in total. The van der Waals surface area contributed by atoms with E-state index in [1.165, 1.54) is 31.1 Å². The molecule has 0 radical (unpaired) electrons. The number of hydrogen-bond acceptors (Lipinski definition) is 10. The van der Waals surface area contributed by atoms with Gasteiger partial charge in [-0.2, -0.15) is 0 Å². The fourth-order valence-electron chi connectivity index (χ4n) is 4.27. The zero-order valence-electron chi connectivity index (χ0n) is 21.6. The highest BCUT2D eigenvalue weighted by Crippen LogP contribution is 2.46. The highest BCUT2D eigenvalue weighted by atomic mass is 32.2. The van der Waals surface area contributed by atoms with Gasteiger partial charge in [-0.05, 0) is 55.9 Å². The van der Waals surface area contributed by atoms with Crippen molar-refractivity contribution in [3.05, 3.63) is 57.0 Å². The minimum atomic E-state index is -0.664. The molecule has 1 aliphatic rings. The van der Waals surface area contributed by atoms with Crippen LogP contribution < -0.4 is 5.32 Å². The molecule has 200 valence electrons. The van der Waals surface area contributed by atoms with Crippen LogP contribution in [0.2, 0.25) is 0 Å². The molecule has 0 aliphatic heterocycles. The number of hydrogen-bond donors (Lipinski definition) is 1. The molecular formula is C27H27NO7S3. The van der Waals surface area contributed by atoms with Gasteiger partial charge in [0, 0.05) is 4.88 Å².